The van der Waals surface area contributed by atoms with Gasteiger partial charge in [0.05, 0.1) is 29.7 Å². The zero-order chi connectivity index (χ0) is 18.9. The van der Waals surface area contributed by atoms with Gasteiger partial charge in [0.2, 0.25) is 10.0 Å². The third-order valence-corrected chi connectivity index (χ3v) is 7.82. The van der Waals surface area contributed by atoms with Crippen molar-refractivity contribution in [1.29, 1.82) is 0 Å². The van der Waals surface area contributed by atoms with Crippen molar-refractivity contribution in [2.24, 2.45) is 0 Å². The van der Waals surface area contributed by atoms with Gasteiger partial charge >= 0.3 is 0 Å². The summed E-state index contributed by atoms with van der Waals surface area (Å²) in [5.41, 5.74) is 1.61. The molecule has 2 saturated heterocycles. The van der Waals surface area contributed by atoms with Crippen molar-refractivity contribution in [1.82, 2.24) is 24.5 Å². The highest BCUT2D eigenvalue weighted by atomic mass is 32.2. The van der Waals surface area contributed by atoms with Gasteiger partial charge in [-0.15, -0.1) is 5.10 Å². The molecular weight excluding hydrogens is 364 g/mol. The molecule has 2 aliphatic rings. The molecule has 27 heavy (non-hydrogen) atoms. The van der Waals surface area contributed by atoms with Gasteiger partial charge in [-0.25, -0.2) is 13.1 Å². The Hall–Kier alpha value is -1.84. The molecule has 8 nitrogen and oxygen atoms in total. The van der Waals surface area contributed by atoms with Crippen LogP contribution in [-0.2, 0) is 10.0 Å². The van der Waals surface area contributed by atoms with E-state index in [-0.39, 0.29) is 0 Å². The monoisotopic (exact) mass is 391 g/mol. The summed E-state index contributed by atoms with van der Waals surface area (Å²) in [6, 6.07) is 5.75. The number of hydrogen-bond acceptors (Lipinski definition) is 5. The van der Waals surface area contributed by atoms with Crippen LogP contribution in [0.4, 0.5) is 0 Å². The summed E-state index contributed by atoms with van der Waals surface area (Å²) in [6.45, 7) is 5.60. The highest BCUT2D eigenvalue weighted by Crippen LogP contribution is 2.23. The van der Waals surface area contributed by atoms with Crippen LogP contribution >= 0.6 is 0 Å². The Morgan fingerprint density at radius 3 is 2.48 bits per heavy atom. The maximum absolute atomic E-state index is 13.1. The Bertz CT molecular complexity index is 869. The van der Waals surface area contributed by atoms with Gasteiger partial charge in [0.15, 0.2) is 0 Å². The van der Waals surface area contributed by atoms with E-state index in [1.165, 1.54) is 38.7 Å². The third-order valence-electron chi connectivity index (χ3n) is 5.93. The Kier molecular flexibility index (Phi) is 5.25. The van der Waals surface area contributed by atoms with Crippen molar-refractivity contribution in [2.45, 2.75) is 50.0 Å². The Morgan fingerprint density at radius 2 is 1.85 bits per heavy atom. The fourth-order valence-corrected chi connectivity index (χ4v) is 5.94. The Balaban J connectivity index is 1.46. The van der Waals surface area contributed by atoms with Gasteiger partial charge in [-0.05, 0) is 60.4 Å². The van der Waals surface area contributed by atoms with Crippen LogP contribution in [0.1, 0.15) is 37.7 Å². The van der Waals surface area contributed by atoms with Crippen LogP contribution in [0.3, 0.4) is 0 Å². The fourth-order valence-electron chi connectivity index (χ4n) is 4.38. The molecule has 2 fully saturated rings. The van der Waals surface area contributed by atoms with Crippen LogP contribution in [0.2, 0.25) is 0 Å². The van der Waals surface area contributed by atoms with E-state index in [1.807, 2.05) is 6.92 Å². The molecule has 0 bridgehead atoms. The smallest absolute Gasteiger partial charge is 0.243 e. The number of aromatic nitrogens is 4. The van der Waals surface area contributed by atoms with E-state index in [0.29, 0.717) is 24.0 Å². The lowest BCUT2D eigenvalue weighted by Gasteiger charge is -2.37. The summed E-state index contributed by atoms with van der Waals surface area (Å²) in [7, 11) is -3.46. The summed E-state index contributed by atoms with van der Waals surface area (Å²) in [5, 5.41) is 11.1. The van der Waals surface area contributed by atoms with E-state index in [1.54, 1.807) is 32.1 Å². The number of quaternary nitrogens is 1. The third kappa shape index (κ3) is 3.76. The van der Waals surface area contributed by atoms with Gasteiger partial charge in [-0.2, -0.15) is 4.31 Å². The molecule has 0 saturated carbocycles. The van der Waals surface area contributed by atoms with Crippen molar-refractivity contribution in [3.63, 3.8) is 0 Å². The summed E-state index contributed by atoms with van der Waals surface area (Å²) >= 11 is 0. The molecule has 2 aliphatic heterocycles. The highest BCUT2D eigenvalue weighted by molar-refractivity contribution is 7.89. The van der Waals surface area contributed by atoms with Crippen LogP contribution in [-0.4, -0.2) is 65.2 Å². The summed E-state index contributed by atoms with van der Waals surface area (Å²) in [6.07, 6.45) is 7.37. The SMILES string of the molecule is Cc1cc(S(=O)(=O)N2CCC([NH+]3CCCCC3)CC2)ccc1-n1cnnn1. The molecule has 1 aromatic carbocycles. The minimum atomic E-state index is -3.46. The van der Waals surface area contributed by atoms with Crippen molar-refractivity contribution in [2.75, 3.05) is 26.2 Å². The highest BCUT2D eigenvalue weighted by Gasteiger charge is 2.34. The molecule has 3 heterocycles. The van der Waals surface area contributed by atoms with E-state index >= 15 is 0 Å². The molecular formula is C18H27N6O2S+. The largest absolute Gasteiger partial charge is 0.332 e. The van der Waals surface area contributed by atoms with Crippen molar-refractivity contribution >= 4 is 10.0 Å². The number of benzene rings is 1. The van der Waals surface area contributed by atoms with Crippen LogP contribution < -0.4 is 4.90 Å². The molecule has 0 atom stereocenters. The topological polar surface area (TPSA) is 85.4 Å². The maximum Gasteiger partial charge on any atom is 0.243 e. The number of aryl methyl sites for hydroxylation is 1. The van der Waals surface area contributed by atoms with Gasteiger partial charge in [-0.1, -0.05) is 0 Å². The van der Waals surface area contributed by atoms with Crippen LogP contribution in [0, 0.1) is 6.92 Å². The second-order valence-electron chi connectivity index (χ2n) is 7.60. The first-order valence-corrected chi connectivity index (χ1v) is 11.2. The molecule has 0 aliphatic carbocycles. The lowest BCUT2D eigenvalue weighted by atomic mass is 10.0. The minimum Gasteiger partial charge on any atom is -0.332 e. The molecule has 0 spiro atoms. The lowest BCUT2D eigenvalue weighted by molar-refractivity contribution is -0.931. The number of nitrogens with zero attached hydrogens (tertiary/aromatic N) is 5. The predicted molar refractivity (Wildman–Crippen MR) is 100 cm³/mol. The Morgan fingerprint density at radius 1 is 1.11 bits per heavy atom. The van der Waals surface area contributed by atoms with Gasteiger partial charge in [0, 0.05) is 25.9 Å². The molecule has 0 unspecified atom stereocenters. The van der Waals surface area contributed by atoms with Gasteiger partial charge in [-0.3, -0.25) is 0 Å². The van der Waals surface area contributed by atoms with E-state index < -0.39 is 10.0 Å². The number of sulfonamides is 1. The summed E-state index contributed by atoms with van der Waals surface area (Å²) < 4.78 is 29.4. The van der Waals surface area contributed by atoms with E-state index in [0.717, 1.165) is 24.1 Å². The van der Waals surface area contributed by atoms with Crippen LogP contribution in [0.5, 0.6) is 0 Å². The molecule has 1 aromatic heterocycles. The second kappa shape index (κ2) is 7.65. The number of rotatable bonds is 4. The number of tetrazole rings is 1. The van der Waals surface area contributed by atoms with Crippen LogP contribution in [0.25, 0.3) is 5.69 Å². The lowest BCUT2D eigenvalue weighted by Crippen LogP contribution is -3.16. The Labute approximate surface area is 160 Å². The molecule has 9 heteroatoms. The minimum absolute atomic E-state index is 0.348. The average molecular weight is 392 g/mol. The van der Waals surface area contributed by atoms with Gasteiger partial charge in [0.1, 0.15) is 6.33 Å². The average Bonchev–Trinajstić information content (AvgIpc) is 3.23. The number of likely N-dealkylation sites (tertiary alicyclic amines) is 1. The van der Waals surface area contributed by atoms with E-state index in [2.05, 4.69) is 15.5 Å². The normalized spacial score (nSPS) is 20.8. The van der Waals surface area contributed by atoms with Gasteiger partial charge in [0.25, 0.3) is 0 Å². The first-order chi connectivity index (χ1) is 13.1. The molecule has 2 aromatic rings. The summed E-state index contributed by atoms with van der Waals surface area (Å²) in [5.74, 6) is 0. The summed E-state index contributed by atoms with van der Waals surface area (Å²) in [4.78, 5) is 2.03. The van der Waals surface area contributed by atoms with Crippen molar-refractivity contribution < 1.29 is 13.3 Å². The zero-order valence-electron chi connectivity index (χ0n) is 15.7. The van der Waals surface area contributed by atoms with Gasteiger partial charge < -0.3 is 4.90 Å². The number of nitrogens with one attached hydrogen (secondary N) is 1. The standard InChI is InChI=1S/C18H26N6O2S/c1-15-13-17(5-6-18(15)24-14-19-20-21-24)27(25,26)23-11-7-16(8-12-23)22-9-3-2-4-10-22/h5-6,13-14,16H,2-4,7-12H2,1H3/p+1. The predicted octanol–water partition coefficient (Wildman–Crippen LogP) is 0.193. The molecule has 4 rings (SSSR count). The number of hydrogen-bond donors (Lipinski definition) is 1. The van der Waals surface area contributed by atoms with Crippen molar-refractivity contribution in [3.8, 4) is 5.69 Å². The second-order valence-corrected chi connectivity index (χ2v) is 9.54. The van der Waals surface area contributed by atoms with Crippen LogP contribution in [0.15, 0.2) is 29.4 Å². The zero-order valence-corrected chi connectivity index (χ0v) is 16.5. The molecule has 0 radical (unpaired) electrons. The fraction of sp³-hybridized carbons (Fsp3) is 0.611. The molecule has 1 N–H and O–H groups in total. The first kappa shape index (κ1) is 18.5. The molecule has 146 valence electrons. The van der Waals surface area contributed by atoms with E-state index in [9.17, 15) is 8.42 Å². The molecule has 0 amide bonds. The quantitative estimate of drug-likeness (QED) is 0.804. The first-order valence-electron chi connectivity index (χ1n) is 9.74. The maximum atomic E-state index is 13.1. The van der Waals surface area contributed by atoms with E-state index in [4.69, 9.17) is 0 Å². The van der Waals surface area contributed by atoms with Crippen molar-refractivity contribution in [3.05, 3.63) is 30.1 Å². The number of piperidine rings is 2.